The van der Waals surface area contributed by atoms with Crippen molar-refractivity contribution < 1.29 is 8.91 Å². The summed E-state index contributed by atoms with van der Waals surface area (Å²) in [6.07, 6.45) is 0.525. The van der Waals surface area contributed by atoms with Crippen molar-refractivity contribution in [2.45, 2.75) is 24.9 Å². The maximum absolute atomic E-state index is 12.9. The number of hydrogen-bond donors (Lipinski definition) is 0. The van der Waals surface area contributed by atoms with Crippen LogP contribution in [0.2, 0.25) is 0 Å². The zero-order valence-electron chi connectivity index (χ0n) is 12.9. The van der Waals surface area contributed by atoms with Gasteiger partial charge in [-0.05, 0) is 24.6 Å². The highest BCUT2D eigenvalue weighted by Gasteiger charge is 2.09. The smallest absolute Gasteiger partial charge is 0.236 e. The standard InChI is InChI=1S/C15H16FN5OS/c1-10-18-19-14(21(10)2)8-23-9-15-17-13(20-22-15)7-11-3-5-12(16)6-4-11/h3-6H,7-9H2,1-2H3. The molecule has 3 rings (SSSR count). The van der Waals surface area contributed by atoms with Gasteiger partial charge in [-0.25, -0.2) is 4.39 Å². The van der Waals surface area contributed by atoms with Crippen molar-refractivity contribution >= 4 is 11.8 Å². The lowest BCUT2D eigenvalue weighted by molar-refractivity contribution is 0.386. The zero-order valence-corrected chi connectivity index (χ0v) is 13.7. The third kappa shape index (κ3) is 3.95. The van der Waals surface area contributed by atoms with Gasteiger partial charge >= 0.3 is 0 Å². The molecule has 0 radical (unpaired) electrons. The van der Waals surface area contributed by atoms with Crippen LogP contribution in [0.5, 0.6) is 0 Å². The lowest BCUT2D eigenvalue weighted by Gasteiger charge is -1.99. The molecule has 3 aromatic rings. The first-order valence-corrected chi connectivity index (χ1v) is 8.26. The Kier molecular flexibility index (Phi) is 4.71. The molecule has 0 fully saturated rings. The largest absolute Gasteiger partial charge is 0.338 e. The summed E-state index contributed by atoms with van der Waals surface area (Å²) in [5.41, 5.74) is 0.945. The number of hydrogen-bond acceptors (Lipinski definition) is 6. The molecule has 6 nitrogen and oxygen atoms in total. The molecule has 0 saturated heterocycles. The summed E-state index contributed by atoms with van der Waals surface area (Å²) >= 11 is 1.64. The fraction of sp³-hybridized carbons (Fsp3) is 0.333. The minimum absolute atomic E-state index is 0.252. The molecule has 2 heterocycles. The Morgan fingerprint density at radius 1 is 1.17 bits per heavy atom. The van der Waals surface area contributed by atoms with Crippen LogP contribution >= 0.6 is 11.8 Å². The van der Waals surface area contributed by atoms with Gasteiger partial charge in [0, 0.05) is 13.5 Å². The highest BCUT2D eigenvalue weighted by Crippen LogP contribution is 2.16. The Hall–Kier alpha value is -2.22. The molecule has 120 valence electrons. The fourth-order valence-corrected chi connectivity index (χ4v) is 2.84. The van der Waals surface area contributed by atoms with Gasteiger partial charge in [-0.2, -0.15) is 4.98 Å². The summed E-state index contributed by atoms with van der Waals surface area (Å²) in [6.45, 7) is 1.92. The summed E-state index contributed by atoms with van der Waals surface area (Å²) in [7, 11) is 1.94. The van der Waals surface area contributed by atoms with Crippen LogP contribution in [0.25, 0.3) is 0 Å². The maximum Gasteiger partial charge on any atom is 0.236 e. The van der Waals surface area contributed by atoms with Crippen LogP contribution < -0.4 is 0 Å². The van der Waals surface area contributed by atoms with Gasteiger partial charge in [0.2, 0.25) is 5.89 Å². The molecule has 0 saturated carbocycles. The van der Waals surface area contributed by atoms with Crippen molar-refractivity contribution in [3.63, 3.8) is 0 Å². The van der Waals surface area contributed by atoms with Gasteiger partial charge in [0.05, 0.1) is 11.5 Å². The molecule has 1 aromatic carbocycles. The molecule has 0 aliphatic rings. The van der Waals surface area contributed by atoms with E-state index in [-0.39, 0.29) is 5.82 Å². The van der Waals surface area contributed by atoms with Crippen LogP contribution in [-0.2, 0) is 25.0 Å². The second kappa shape index (κ2) is 6.91. The topological polar surface area (TPSA) is 69.6 Å². The van der Waals surface area contributed by atoms with E-state index in [9.17, 15) is 4.39 Å². The van der Waals surface area contributed by atoms with Crippen molar-refractivity contribution in [3.05, 3.63) is 59.0 Å². The highest BCUT2D eigenvalue weighted by atomic mass is 32.2. The Bertz CT molecular complexity index is 784. The van der Waals surface area contributed by atoms with E-state index in [1.807, 2.05) is 18.5 Å². The summed E-state index contributed by atoms with van der Waals surface area (Å²) in [5, 5.41) is 12.1. The summed E-state index contributed by atoms with van der Waals surface area (Å²) in [4.78, 5) is 4.35. The Labute approximate surface area is 137 Å². The van der Waals surface area contributed by atoms with E-state index in [2.05, 4.69) is 20.3 Å². The van der Waals surface area contributed by atoms with Crippen LogP contribution in [0.3, 0.4) is 0 Å². The van der Waals surface area contributed by atoms with Gasteiger partial charge in [-0.1, -0.05) is 17.3 Å². The molecular weight excluding hydrogens is 317 g/mol. The number of aryl methyl sites for hydroxylation is 1. The van der Waals surface area contributed by atoms with E-state index in [0.717, 1.165) is 23.0 Å². The third-order valence-electron chi connectivity index (χ3n) is 3.43. The van der Waals surface area contributed by atoms with E-state index in [1.54, 1.807) is 23.9 Å². The van der Waals surface area contributed by atoms with Gasteiger partial charge in [0.25, 0.3) is 0 Å². The van der Waals surface area contributed by atoms with Gasteiger partial charge in [-0.15, -0.1) is 22.0 Å². The second-order valence-corrected chi connectivity index (χ2v) is 6.11. The SMILES string of the molecule is Cc1nnc(CSCc2nc(Cc3ccc(F)cc3)no2)n1C. The Balaban J connectivity index is 1.53. The average molecular weight is 333 g/mol. The van der Waals surface area contributed by atoms with Gasteiger partial charge in [0.15, 0.2) is 5.82 Å². The highest BCUT2D eigenvalue weighted by molar-refractivity contribution is 7.97. The fourth-order valence-electron chi connectivity index (χ4n) is 2.01. The first-order valence-electron chi connectivity index (χ1n) is 7.10. The number of nitrogens with zero attached hydrogens (tertiary/aromatic N) is 5. The molecule has 8 heteroatoms. The van der Waals surface area contributed by atoms with Gasteiger partial charge in [0.1, 0.15) is 17.5 Å². The second-order valence-electron chi connectivity index (χ2n) is 5.12. The van der Waals surface area contributed by atoms with E-state index in [1.165, 1.54) is 12.1 Å². The summed E-state index contributed by atoms with van der Waals surface area (Å²) < 4.78 is 20.1. The number of aromatic nitrogens is 5. The monoisotopic (exact) mass is 333 g/mol. The Morgan fingerprint density at radius 2 is 1.96 bits per heavy atom. The van der Waals surface area contributed by atoms with Crippen LogP contribution in [0.1, 0.15) is 28.9 Å². The normalized spacial score (nSPS) is 11.1. The molecule has 0 aliphatic carbocycles. The van der Waals surface area contributed by atoms with Crippen molar-refractivity contribution in [2.24, 2.45) is 7.05 Å². The summed E-state index contributed by atoms with van der Waals surface area (Å²) in [6, 6.07) is 6.29. The quantitative estimate of drug-likeness (QED) is 0.691. The van der Waals surface area contributed by atoms with Crippen molar-refractivity contribution in [1.82, 2.24) is 24.9 Å². The zero-order chi connectivity index (χ0) is 16.2. The first-order chi connectivity index (χ1) is 11.1. The molecule has 0 bridgehead atoms. The van der Waals surface area contributed by atoms with Crippen LogP contribution in [-0.4, -0.2) is 24.9 Å². The molecule has 0 aliphatic heterocycles. The average Bonchev–Trinajstić information content (AvgIpc) is 3.11. The molecular formula is C15H16FN5OS. The van der Waals surface area contributed by atoms with Gasteiger partial charge in [-0.3, -0.25) is 0 Å². The first kappa shape index (κ1) is 15.7. The molecule has 2 aromatic heterocycles. The summed E-state index contributed by atoms with van der Waals surface area (Å²) in [5.74, 6) is 4.07. The van der Waals surface area contributed by atoms with E-state index < -0.39 is 0 Å². The number of halogens is 1. The van der Waals surface area contributed by atoms with E-state index >= 15 is 0 Å². The third-order valence-corrected chi connectivity index (χ3v) is 4.34. The van der Waals surface area contributed by atoms with Crippen LogP contribution in [0.15, 0.2) is 28.8 Å². The predicted molar refractivity (Wildman–Crippen MR) is 84.2 cm³/mol. The van der Waals surface area contributed by atoms with Crippen molar-refractivity contribution in [2.75, 3.05) is 0 Å². The molecule has 0 amide bonds. The molecule has 0 N–H and O–H groups in total. The van der Waals surface area contributed by atoms with E-state index in [0.29, 0.717) is 23.9 Å². The number of thioether (sulfide) groups is 1. The van der Waals surface area contributed by atoms with Crippen LogP contribution in [0, 0.1) is 12.7 Å². The van der Waals surface area contributed by atoms with E-state index in [4.69, 9.17) is 4.52 Å². The molecule has 0 unspecified atom stereocenters. The minimum Gasteiger partial charge on any atom is -0.338 e. The van der Waals surface area contributed by atoms with Crippen molar-refractivity contribution in [1.29, 1.82) is 0 Å². The minimum atomic E-state index is -0.252. The maximum atomic E-state index is 12.9. The number of rotatable bonds is 6. The van der Waals surface area contributed by atoms with Crippen LogP contribution in [0.4, 0.5) is 4.39 Å². The molecule has 23 heavy (non-hydrogen) atoms. The lowest BCUT2D eigenvalue weighted by Crippen LogP contribution is -1.98. The number of benzene rings is 1. The predicted octanol–water partition coefficient (Wildman–Crippen LogP) is 2.67. The molecule has 0 atom stereocenters. The van der Waals surface area contributed by atoms with Crippen molar-refractivity contribution in [3.8, 4) is 0 Å². The molecule has 0 spiro atoms. The lowest BCUT2D eigenvalue weighted by atomic mass is 10.1. The van der Waals surface area contributed by atoms with Gasteiger partial charge < -0.3 is 9.09 Å². The Morgan fingerprint density at radius 3 is 2.65 bits per heavy atom.